The maximum atomic E-state index is 5.24. The highest BCUT2D eigenvalue weighted by Gasteiger charge is 2.14. The minimum atomic E-state index is 0.769. The summed E-state index contributed by atoms with van der Waals surface area (Å²) in [6, 6.07) is 1.94. The Bertz CT molecular complexity index is 262. The van der Waals surface area contributed by atoms with Gasteiger partial charge in [-0.05, 0) is 6.07 Å². The predicted octanol–water partition coefficient (Wildman–Crippen LogP) is 1.78. The zero-order valence-electron chi connectivity index (χ0n) is 5.30. The van der Waals surface area contributed by atoms with Crippen LogP contribution in [0.3, 0.4) is 0 Å². The van der Waals surface area contributed by atoms with Gasteiger partial charge in [-0.1, -0.05) is 15.9 Å². The summed E-state index contributed by atoms with van der Waals surface area (Å²) in [4.78, 5) is 4.07. The predicted molar refractivity (Wildman–Crippen MR) is 41.1 cm³/mol. The van der Waals surface area contributed by atoms with Gasteiger partial charge in [-0.2, -0.15) is 0 Å². The van der Waals surface area contributed by atoms with Gasteiger partial charge in [0.15, 0.2) is 0 Å². The standard InChI is InChI=1S/C7H6BrNO/c8-6-1-3-9-7-5(6)2-4-10-7/h1,3H,2,4H2. The van der Waals surface area contributed by atoms with E-state index in [2.05, 4.69) is 20.9 Å². The van der Waals surface area contributed by atoms with Crippen molar-refractivity contribution in [3.63, 3.8) is 0 Å². The molecular formula is C7H6BrNO. The van der Waals surface area contributed by atoms with Gasteiger partial charge in [-0.25, -0.2) is 4.98 Å². The van der Waals surface area contributed by atoms with Gasteiger partial charge in [-0.15, -0.1) is 0 Å². The Morgan fingerprint density at radius 1 is 1.60 bits per heavy atom. The molecule has 0 saturated heterocycles. The Morgan fingerprint density at radius 3 is 3.30 bits per heavy atom. The van der Waals surface area contributed by atoms with Gasteiger partial charge in [0.2, 0.25) is 5.88 Å². The topological polar surface area (TPSA) is 22.1 Å². The Kier molecular flexibility index (Phi) is 1.38. The van der Waals surface area contributed by atoms with Crippen molar-refractivity contribution in [3.8, 4) is 5.88 Å². The van der Waals surface area contributed by atoms with Crippen molar-refractivity contribution in [1.29, 1.82) is 0 Å². The molecule has 10 heavy (non-hydrogen) atoms. The summed E-state index contributed by atoms with van der Waals surface area (Å²) < 4.78 is 6.34. The van der Waals surface area contributed by atoms with Crippen LogP contribution >= 0.6 is 15.9 Å². The highest BCUT2D eigenvalue weighted by atomic mass is 79.9. The molecule has 0 bridgehead atoms. The molecule has 1 aliphatic rings. The lowest BCUT2D eigenvalue weighted by molar-refractivity contribution is 0.345. The number of ether oxygens (including phenoxy) is 1. The van der Waals surface area contributed by atoms with Gasteiger partial charge in [-0.3, -0.25) is 0 Å². The first-order chi connectivity index (χ1) is 4.88. The van der Waals surface area contributed by atoms with E-state index in [1.54, 1.807) is 6.20 Å². The molecule has 0 fully saturated rings. The molecule has 2 heterocycles. The third-order valence-electron chi connectivity index (χ3n) is 1.55. The minimum Gasteiger partial charge on any atom is -0.477 e. The molecule has 0 aliphatic carbocycles. The molecule has 1 aromatic heterocycles. The van der Waals surface area contributed by atoms with Crippen LogP contribution in [-0.4, -0.2) is 11.6 Å². The van der Waals surface area contributed by atoms with Crippen LogP contribution in [0.4, 0.5) is 0 Å². The zero-order valence-corrected chi connectivity index (χ0v) is 6.89. The summed E-state index contributed by atoms with van der Waals surface area (Å²) in [7, 11) is 0. The quantitative estimate of drug-likeness (QED) is 0.636. The number of pyridine rings is 1. The summed E-state index contributed by atoms with van der Waals surface area (Å²) in [6.45, 7) is 0.769. The van der Waals surface area contributed by atoms with Crippen LogP contribution in [0.25, 0.3) is 0 Å². The number of hydrogen-bond acceptors (Lipinski definition) is 2. The summed E-state index contributed by atoms with van der Waals surface area (Å²) in [5.74, 6) is 0.786. The van der Waals surface area contributed by atoms with Crippen LogP contribution in [-0.2, 0) is 6.42 Å². The molecule has 0 spiro atoms. The van der Waals surface area contributed by atoms with Crippen molar-refractivity contribution >= 4 is 15.9 Å². The normalized spacial score (nSPS) is 14.5. The molecule has 2 rings (SSSR count). The lowest BCUT2D eigenvalue weighted by Gasteiger charge is -1.96. The number of halogens is 1. The highest BCUT2D eigenvalue weighted by molar-refractivity contribution is 9.10. The Labute approximate surface area is 67.4 Å². The van der Waals surface area contributed by atoms with Crippen molar-refractivity contribution in [2.24, 2.45) is 0 Å². The summed E-state index contributed by atoms with van der Waals surface area (Å²) in [5.41, 5.74) is 1.20. The van der Waals surface area contributed by atoms with E-state index in [1.165, 1.54) is 5.56 Å². The van der Waals surface area contributed by atoms with E-state index in [0.29, 0.717) is 0 Å². The maximum absolute atomic E-state index is 5.24. The minimum absolute atomic E-state index is 0.769. The SMILES string of the molecule is Brc1ccnc2c1CCO2. The molecule has 52 valence electrons. The second-order valence-electron chi connectivity index (χ2n) is 2.17. The molecular weight excluding hydrogens is 194 g/mol. The van der Waals surface area contributed by atoms with E-state index in [1.807, 2.05) is 6.07 Å². The number of nitrogens with zero attached hydrogens (tertiary/aromatic N) is 1. The lowest BCUT2D eigenvalue weighted by atomic mass is 10.2. The van der Waals surface area contributed by atoms with Crippen LogP contribution < -0.4 is 4.74 Å². The molecule has 0 N–H and O–H groups in total. The van der Waals surface area contributed by atoms with Crippen molar-refractivity contribution in [2.75, 3.05) is 6.61 Å². The molecule has 0 radical (unpaired) electrons. The molecule has 0 amide bonds. The van der Waals surface area contributed by atoms with Gasteiger partial charge in [0.05, 0.1) is 6.61 Å². The van der Waals surface area contributed by atoms with Gasteiger partial charge in [0.25, 0.3) is 0 Å². The summed E-state index contributed by atoms with van der Waals surface area (Å²) in [5, 5.41) is 0. The molecule has 1 aromatic rings. The first-order valence-corrected chi connectivity index (χ1v) is 3.93. The fourth-order valence-corrected chi connectivity index (χ4v) is 1.54. The molecule has 0 aromatic carbocycles. The van der Waals surface area contributed by atoms with Gasteiger partial charge in [0.1, 0.15) is 0 Å². The van der Waals surface area contributed by atoms with Crippen LogP contribution in [0, 0.1) is 0 Å². The number of rotatable bonds is 0. The second-order valence-corrected chi connectivity index (χ2v) is 3.03. The van der Waals surface area contributed by atoms with Gasteiger partial charge >= 0.3 is 0 Å². The smallest absolute Gasteiger partial charge is 0.217 e. The Hall–Kier alpha value is -0.570. The average molecular weight is 200 g/mol. The molecule has 0 saturated carbocycles. The van der Waals surface area contributed by atoms with E-state index < -0.39 is 0 Å². The monoisotopic (exact) mass is 199 g/mol. The lowest BCUT2D eigenvalue weighted by Crippen LogP contribution is -1.87. The summed E-state index contributed by atoms with van der Waals surface area (Å²) >= 11 is 3.43. The maximum Gasteiger partial charge on any atom is 0.217 e. The van der Waals surface area contributed by atoms with E-state index >= 15 is 0 Å². The fourth-order valence-electron chi connectivity index (χ4n) is 1.05. The molecule has 2 nitrogen and oxygen atoms in total. The molecule has 0 unspecified atom stereocenters. The van der Waals surface area contributed by atoms with Crippen molar-refractivity contribution in [2.45, 2.75) is 6.42 Å². The Balaban J connectivity index is 2.59. The third-order valence-corrected chi connectivity index (χ3v) is 2.29. The number of fused-ring (bicyclic) bond motifs is 1. The molecule has 0 atom stereocenters. The first kappa shape index (κ1) is 6.16. The van der Waals surface area contributed by atoms with E-state index in [0.717, 1.165) is 23.4 Å². The second kappa shape index (κ2) is 2.23. The van der Waals surface area contributed by atoms with E-state index in [-0.39, 0.29) is 0 Å². The fraction of sp³-hybridized carbons (Fsp3) is 0.286. The molecule has 1 aliphatic heterocycles. The first-order valence-electron chi connectivity index (χ1n) is 3.14. The summed E-state index contributed by atoms with van der Waals surface area (Å²) in [6.07, 6.45) is 2.72. The van der Waals surface area contributed by atoms with E-state index in [4.69, 9.17) is 4.74 Å². The third kappa shape index (κ3) is 0.814. The number of hydrogen-bond donors (Lipinski definition) is 0. The largest absolute Gasteiger partial charge is 0.477 e. The van der Waals surface area contributed by atoms with Crippen LogP contribution in [0.2, 0.25) is 0 Å². The van der Waals surface area contributed by atoms with Gasteiger partial charge in [0, 0.05) is 22.7 Å². The van der Waals surface area contributed by atoms with E-state index in [9.17, 15) is 0 Å². The van der Waals surface area contributed by atoms with Crippen LogP contribution in [0.15, 0.2) is 16.7 Å². The Morgan fingerprint density at radius 2 is 2.50 bits per heavy atom. The van der Waals surface area contributed by atoms with Crippen molar-refractivity contribution in [1.82, 2.24) is 4.98 Å². The van der Waals surface area contributed by atoms with Crippen LogP contribution in [0.1, 0.15) is 5.56 Å². The van der Waals surface area contributed by atoms with Crippen molar-refractivity contribution < 1.29 is 4.74 Å². The average Bonchev–Trinajstić information content (AvgIpc) is 2.36. The van der Waals surface area contributed by atoms with Crippen molar-refractivity contribution in [3.05, 3.63) is 22.3 Å². The van der Waals surface area contributed by atoms with Gasteiger partial charge < -0.3 is 4.74 Å². The molecule has 3 heteroatoms. The highest BCUT2D eigenvalue weighted by Crippen LogP contribution is 2.28. The number of aromatic nitrogens is 1. The zero-order chi connectivity index (χ0) is 6.97. The van der Waals surface area contributed by atoms with Crippen LogP contribution in [0.5, 0.6) is 5.88 Å².